The molecule has 0 saturated carbocycles. The lowest BCUT2D eigenvalue weighted by molar-refractivity contribution is -0.114. The van der Waals surface area contributed by atoms with E-state index in [1.54, 1.807) is 0 Å². The fraction of sp³-hybridized carbons (Fsp3) is 0.300. The maximum absolute atomic E-state index is 12.3. The number of hydrogen-bond donors (Lipinski definition) is 1. The average Bonchev–Trinajstić information content (AvgIpc) is 2.12. The van der Waals surface area contributed by atoms with Gasteiger partial charge in [0.1, 0.15) is 5.82 Å². The number of anilines is 1. The third-order valence-corrected chi connectivity index (χ3v) is 1.16. The quantitative estimate of drug-likeness (QED) is 0.712. The fourth-order valence-electron chi connectivity index (χ4n) is 0.736. The van der Waals surface area contributed by atoms with Gasteiger partial charge in [-0.1, -0.05) is 13.8 Å². The van der Waals surface area contributed by atoms with Crippen LogP contribution < -0.4 is 5.32 Å². The maximum Gasteiger partial charge on any atom is 0.221 e. The van der Waals surface area contributed by atoms with Crippen LogP contribution in [-0.2, 0) is 4.79 Å². The Balaban J connectivity index is 0.000000671. The fourth-order valence-corrected chi connectivity index (χ4v) is 0.736. The highest BCUT2D eigenvalue weighted by molar-refractivity contribution is 5.88. The van der Waals surface area contributed by atoms with Gasteiger partial charge < -0.3 is 5.32 Å². The molecule has 0 spiro atoms. The predicted octanol–water partition coefficient (Wildman–Crippen LogP) is 2.81. The van der Waals surface area contributed by atoms with E-state index in [4.69, 9.17) is 0 Å². The summed E-state index contributed by atoms with van der Waals surface area (Å²) in [6, 6.07) is 5.62. The normalized spacial score (nSPS) is 8.31. The topological polar surface area (TPSA) is 29.1 Å². The Labute approximate surface area is 77.8 Å². The van der Waals surface area contributed by atoms with Crippen molar-refractivity contribution in [2.75, 3.05) is 5.32 Å². The zero-order valence-corrected chi connectivity index (χ0v) is 8.10. The van der Waals surface area contributed by atoms with Crippen LogP contribution in [0.1, 0.15) is 20.8 Å². The van der Waals surface area contributed by atoms with Gasteiger partial charge >= 0.3 is 0 Å². The summed E-state index contributed by atoms with van der Waals surface area (Å²) >= 11 is 0. The highest BCUT2D eigenvalue weighted by Gasteiger charge is 1.93. The van der Waals surface area contributed by atoms with Crippen molar-refractivity contribution in [2.24, 2.45) is 0 Å². The summed E-state index contributed by atoms with van der Waals surface area (Å²) in [6.07, 6.45) is 0. The van der Waals surface area contributed by atoms with Gasteiger partial charge in [0.05, 0.1) is 0 Å². The molecule has 2 nitrogen and oxygen atoms in total. The molecule has 1 aromatic carbocycles. The monoisotopic (exact) mass is 183 g/mol. The van der Waals surface area contributed by atoms with Crippen LogP contribution in [0.3, 0.4) is 0 Å². The van der Waals surface area contributed by atoms with Crippen LogP contribution in [0.2, 0.25) is 0 Å². The molecule has 1 N–H and O–H groups in total. The molecule has 0 fully saturated rings. The van der Waals surface area contributed by atoms with Crippen LogP contribution in [0.5, 0.6) is 0 Å². The molecule has 0 heterocycles. The van der Waals surface area contributed by atoms with E-state index in [9.17, 15) is 9.18 Å². The van der Waals surface area contributed by atoms with Crippen LogP contribution in [0.15, 0.2) is 24.3 Å². The van der Waals surface area contributed by atoms with Crippen molar-refractivity contribution in [1.82, 2.24) is 0 Å². The highest BCUT2D eigenvalue weighted by atomic mass is 19.1. The predicted molar refractivity (Wildman–Crippen MR) is 52.1 cm³/mol. The van der Waals surface area contributed by atoms with Crippen LogP contribution in [0.4, 0.5) is 10.1 Å². The average molecular weight is 183 g/mol. The molecule has 13 heavy (non-hydrogen) atoms. The van der Waals surface area contributed by atoms with E-state index < -0.39 is 0 Å². The molecule has 1 aromatic rings. The summed E-state index contributed by atoms with van der Waals surface area (Å²) < 4.78 is 12.3. The first kappa shape index (κ1) is 11.6. The van der Waals surface area contributed by atoms with Crippen molar-refractivity contribution in [1.29, 1.82) is 0 Å². The summed E-state index contributed by atoms with van der Waals surface area (Å²) in [5.41, 5.74) is 0.610. The highest BCUT2D eigenvalue weighted by Crippen LogP contribution is 2.07. The number of hydrogen-bond acceptors (Lipinski definition) is 1. The van der Waals surface area contributed by atoms with Gasteiger partial charge in [-0.2, -0.15) is 0 Å². The van der Waals surface area contributed by atoms with Gasteiger partial charge in [0.25, 0.3) is 0 Å². The zero-order chi connectivity index (χ0) is 10.3. The second-order valence-electron chi connectivity index (χ2n) is 2.19. The molecule has 0 aliphatic carbocycles. The molecule has 0 bridgehead atoms. The lowest BCUT2D eigenvalue weighted by atomic mass is 10.3. The molecule has 0 radical (unpaired) electrons. The molecule has 0 saturated heterocycles. The van der Waals surface area contributed by atoms with Crippen molar-refractivity contribution in [3.05, 3.63) is 30.1 Å². The SMILES string of the molecule is CC.CC(=O)Nc1ccc(F)cc1. The van der Waals surface area contributed by atoms with Crippen molar-refractivity contribution in [3.8, 4) is 0 Å². The summed E-state index contributed by atoms with van der Waals surface area (Å²) in [7, 11) is 0. The van der Waals surface area contributed by atoms with Crippen molar-refractivity contribution in [3.63, 3.8) is 0 Å². The number of carbonyl (C=O) groups excluding carboxylic acids is 1. The maximum atomic E-state index is 12.3. The second-order valence-corrected chi connectivity index (χ2v) is 2.19. The van der Waals surface area contributed by atoms with Gasteiger partial charge in [0.2, 0.25) is 5.91 Å². The van der Waals surface area contributed by atoms with E-state index in [1.807, 2.05) is 13.8 Å². The minimum Gasteiger partial charge on any atom is -0.326 e. The van der Waals surface area contributed by atoms with Gasteiger partial charge in [0.15, 0.2) is 0 Å². The molecule has 3 heteroatoms. The van der Waals surface area contributed by atoms with Crippen LogP contribution in [0.25, 0.3) is 0 Å². The summed E-state index contributed by atoms with van der Waals surface area (Å²) in [6.45, 7) is 5.41. The molecule has 0 aromatic heterocycles. The largest absolute Gasteiger partial charge is 0.326 e. The van der Waals surface area contributed by atoms with Crippen molar-refractivity contribution < 1.29 is 9.18 Å². The van der Waals surface area contributed by atoms with Gasteiger partial charge in [-0.3, -0.25) is 4.79 Å². The van der Waals surface area contributed by atoms with Gasteiger partial charge in [-0.15, -0.1) is 0 Å². The van der Waals surface area contributed by atoms with E-state index in [1.165, 1.54) is 31.2 Å². The molecular weight excluding hydrogens is 169 g/mol. The van der Waals surface area contributed by atoms with Crippen LogP contribution in [0, 0.1) is 5.82 Å². The number of amides is 1. The van der Waals surface area contributed by atoms with E-state index in [-0.39, 0.29) is 11.7 Å². The van der Waals surface area contributed by atoms with E-state index >= 15 is 0 Å². The van der Waals surface area contributed by atoms with Gasteiger partial charge in [-0.25, -0.2) is 4.39 Å². The Morgan fingerprint density at radius 1 is 1.23 bits per heavy atom. The Morgan fingerprint density at radius 2 is 1.69 bits per heavy atom. The number of carbonyl (C=O) groups is 1. The zero-order valence-electron chi connectivity index (χ0n) is 8.10. The lowest BCUT2D eigenvalue weighted by Crippen LogP contribution is -2.05. The first-order valence-electron chi connectivity index (χ1n) is 4.21. The van der Waals surface area contributed by atoms with E-state index in [0.717, 1.165) is 0 Å². The second kappa shape index (κ2) is 6.17. The number of rotatable bonds is 1. The summed E-state index contributed by atoms with van der Waals surface area (Å²) in [5.74, 6) is -0.462. The molecule has 1 rings (SSSR count). The minimum absolute atomic E-state index is 0.156. The standard InChI is InChI=1S/C8H8FNO.C2H6/c1-6(11)10-8-4-2-7(9)3-5-8;1-2/h2-5H,1H3,(H,10,11);1-2H3. The van der Waals surface area contributed by atoms with Crippen molar-refractivity contribution in [2.45, 2.75) is 20.8 Å². The number of halogens is 1. The van der Waals surface area contributed by atoms with Gasteiger partial charge in [0, 0.05) is 12.6 Å². The van der Waals surface area contributed by atoms with Crippen LogP contribution in [-0.4, -0.2) is 5.91 Å². The first-order valence-corrected chi connectivity index (χ1v) is 4.21. The molecule has 0 aliphatic rings. The van der Waals surface area contributed by atoms with E-state index in [0.29, 0.717) is 5.69 Å². The lowest BCUT2D eigenvalue weighted by Gasteiger charge is -1.99. The van der Waals surface area contributed by atoms with Gasteiger partial charge in [-0.05, 0) is 24.3 Å². The Bertz CT molecular complexity index is 256. The Hall–Kier alpha value is -1.38. The molecule has 0 unspecified atom stereocenters. The van der Waals surface area contributed by atoms with E-state index in [2.05, 4.69) is 5.32 Å². The molecule has 1 amide bonds. The summed E-state index contributed by atoms with van der Waals surface area (Å²) in [5, 5.41) is 2.53. The Kier molecular flexibility index (Phi) is 5.52. The molecule has 0 aliphatic heterocycles. The number of benzene rings is 1. The first-order chi connectivity index (χ1) is 6.18. The van der Waals surface area contributed by atoms with Crippen molar-refractivity contribution >= 4 is 11.6 Å². The smallest absolute Gasteiger partial charge is 0.221 e. The number of nitrogens with one attached hydrogen (secondary N) is 1. The molecule has 0 atom stereocenters. The molecule has 72 valence electrons. The summed E-state index contributed by atoms with van der Waals surface area (Å²) in [4.78, 5) is 10.5. The Morgan fingerprint density at radius 3 is 2.08 bits per heavy atom. The molecular formula is C10H14FNO. The third kappa shape index (κ3) is 4.95. The minimum atomic E-state index is -0.306. The van der Waals surface area contributed by atoms with Crippen LogP contribution >= 0.6 is 0 Å². The third-order valence-electron chi connectivity index (χ3n) is 1.16.